The molecule has 0 spiro atoms. The van der Waals surface area contributed by atoms with Crippen molar-refractivity contribution < 1.29 is 14.0 Å². The lowest BCUT2D eigenvalue weighted by Gasteiger charge is -2.09. The van der Waals surface area contributed by atoms with Gasteiger partial charge in [0.05, 0.1) is 5.92 Å². The van der Waals surface area contributed by atoms with E-state index in [1.54, 1.807) is 6.92 Å². The normalized spacial score (nSPS) is 21.0. The lowest BCUT2D eigenvalue weighted by Crippen LogP contribution is -2.28. The first kappa shape index (κ1) is 9.63. The SMILES string of the molecule is Cc1nnc(N2CC(C(N)=O)CC2=O)o1. The first-order chi connectivity index (χ1) is 7.08. The van der Waals surface area contributed by atoms with Gasteiger partial charge >= 0.3 is 6.01 Å². The number of hydrogen-bond donors (Lipinski definition) is 1. The van der Waals surface area contributed by atoms with E-state index in [1.165, 1.54) is 4.90 Å². The molecule has 0 aliphatic carbocycles. The maximum absolute atomic E-state index is 11.5. The summed E-state index contributed by atoms with van der Waals surface area (Å²) in [6.07, 6.45) is 0.108. The summed E-state index contributed by atoms with van der Waals surface area (Å²) in [5.74, 6) is -0.797. The number of carbonyl (C=O) groups is 2. The van der Waals surface area contributed by atoms with Gasteiger partial charge in [-0.2, -0.15) is 0 Å². The van der Waals surface area contributed by atoms with Crippen molar-refractivity contribution >= 4 is 17.8 Å². The van der Waals surface area contributed by atoms with Crippen molar-refractivity contribution in [3.8, 4) is 0 Å². The Kier molecular flexibility index (Phi) is 2.14. The molecule has 1 aromatic heterocycles. The number of aromatic nitrogens is 2. The molecule has 2 rings (SSSR count). The van der Waals surface area contributed by atoms with Crippen LogP contribution in [0.1, 0.15) is 12.3 Å². The quantitative estimate of drug-likeness (QED) is 0.689. The van der Waals surface area contributed by atoms with Crippen molar-refractivity contribution in [1.82, 2.24) is 10.2 Å². The summed E-state index contributed by atoms with van der Waals surface area (Å²) in [5.41, 5.74) is 5.12. The minimum absolute atomic E-state index is 0.108. The van der Waals surface area contributed by atoms with Crippen LogP contribution in [0.4, 0.5) is 6.01 Å². The van der Waals surface area contributed by atoms with Crippen molar-refractivity contribution in [3.05, 3.63) is 5.89 Å². The van der Waals surface area contributed by atoms with E-state index in [4.69, 9.17) is 10.2 Å². The Morgan fingerprint density at radius 1 is 1.60 bits per heavy atom. The molecule has 15 heavy (non-hydrogen) atoms. The van der Waals surface area contributed by atoms with Crippen LogP contribution < -0.4 is 10.6 Å². The summed E-state index contributed by atoms with van der Waals surface area (Å²) in [7, 11) is 0. The fraction of sp³-hybridized carbons (Fsp3) is 0.500. The van der Waals surface area contributed by atoms with Gasteiger partial charge in [-0.15, -0.1) is 5.10 Å². The molecular weight excluding hydrogens is 200 g/mol. The minimum atomic E-state index is -0.484. The van der Waals surface area contributed by atoms with Crippen molar-refractivity contribution in [3.63, 3.8) is 0 Å². The second-order valence-electron chi connectivity index (χ2n) is 3.41. The monoisotopic (exact) mass is 210 g/mol. The van der Waals surface area contributed by atoms with Gasteiger partial charge in [0.2, 0.25) is 17.7 Å². The van der Waals surface area contributed by atoms with E-state index in [9.17, 15) is 9.59 Å². The van der Waals surface area contributed by atoms with E-state index in [-0.39, 0.29) is 24.9 Å². The summed E-state index contributed by atoms with van der Waals surface area (Å²) in [6, 6.07) is 0.126. The Morgan fingerprint density at radius 2 is 2.33 bits per heavy atom. The van der Waals surface area contributed by atoms with Crippen LogP contribution in [0.15, 0.2) is 4.42 Å². The first-order valence-corrected chi connectivity index (χ1v) is 4.47. The van der Waals surface area contributed by atoms with E-state index in [1.807, 2.05) is 0 Å². The fourth-order valence-electron chi connectivity index (χ4n) is 1.48. The predicted molar refractivity (Wildman–Crippen MR) is 48.7 cm³/mol. The second kappa shape index (κ2) is 3.34. The number of carbonyl (C=O) groups excluding carboxylic acids is 2. The van der Waals surface area contributed by atoms with E-state index < -0.39 is 11.8 Å². The molecule has 0 aromatic carbocycles. The van der Waals surface area contributed by atoms with Gasteiger partial charge in [0.1, 0.15) is 0 Å². The fourth-order valence-corrected chi connectivity index (χ4v) is 1.48. The van der Waals surface area contributed by atoms with Crippen molar-refractivity contribution in [2.45, 2.75) is 13.3 Å². The van der Waals surface area contributed by atoms with E-state index in [0.717, 1.165) is 0 Å². The van der Waals surface area contributed by atoms with Crippen LogP contribution in [0.2, 0.25) is 0 Å². The summed E-state index contributed by atoms with van der Waals surface area (Å²) >= 11 is 0. The Morgan fingerprint density at radius 3 is 2.80 bits per heavy atom. The van der Waals surface area contributed by atoms with Crippen molar-refractivity contribution in [1.29, 1.82) is 0 Å². The third-order valence-electron chi connectivity index (χ3n) is 2.27. The molecular formula is C8H10N4O3. The highest BCUT2D eigenvalue weighted by Crippen LogP contribution is 2.23. The highest BCUT2D eigenvalue weighted by Gasteiger charge is 2.36. The lowest BCUT2D eigenvalue weighted by atomic mass is 10.1. The van der Waals surface area contributed by atoms with Gasteiger partial charge in [0.25, 0.3) is 0 Å². The molecule has 2 heterocycles. The third kappa shape index (κ3) is 1.67. The van der Waals surface area contributed by atoms with Crippen LogP contribution in [-0.2, 0) is 9.59 Å². The summed E-state index contributed by atoms with van der Waals surface area (Å²) in [6.45, 7) is 1.85. The zero-order valence-electron chi connectivity index (χ0n) is 8.14. The number of nitrogens with two attached hydrogens (primary N) is 1. The van der Waals surface area contributed by atoms with E-state index in [2.05, 4.69) is 10.2 Å². The maximum Gasteiger partial charge on any atom is 0.325 e. The van der Waals surface area contributed by atoms with Gasteiger partial charge < -0.3 is 10.2 Å². The Labute approximate surface area is 85.2 Å². The number of aryl methyl sites for hydroxylation is 1. The molecule has 0 bridgehead atoms. The number of anilines is 1. The van der Waals surface area contributed by atoms with Crippen LogP contribution in [0.5, 0.6) is 0 Å². The lowest BCUT2D eigenvalue weighted by molar-refractivity contribution is -0.123. The summed E-state index contributed by atoms with van der Waals surface area (Å²) < 4.78 is 5.10. The Balaban J connectivity index is 2.18. The zero-order chi connectivity index (χ0) is 11.0. The van der Waals surface area contributed by atoms with Gasteiger partial charge in [0.15, 0.2) is 0 Å². The molecule has 1 saturated heterocycles. The maximum atomic E-state index is 11.5. The molecule has 0 radical (unpaired) electrons. The van der Waals surface area contributed by atoms with Crippen LogP contribution >= 0.6 is 0 Å². The predicted octanol–water partition coefficient (Wildman–Crippen LogP) is -0.784. The molecule has 1 unspecified atom stereocenters. The average Bonchev–Trinajstić information content (AvgIpc) is 2.71. The smallest absolute Gasteiger partial charge is 0.325 e. The molecule has 7 heteroatoms. The van der Waals surface area contributed by atoms with Crippen molar-refractivity contribution in [2.75, 3.05) is 11.4 Å². The number of primary amides is 1. The highest BCUT2D eigenvalue weighted by molar-refractivity contribution is 5.98. The summed E-state index contributed by atoms with van der Waals surface area (Å²) in [5, 5.41) is 7.32. The van der Waals surface area contributed by atoms with Crippen LogP contribution in [0.25, 0.3) is 0 Å². The topological polar surface area (TPSA) is 102 Å². The Hall–Kier alpha value is -1.92. The van der Waals surface area contributed by atoms with Gasteiger partial charge in [-0.25, -0.2) is 0 Å². The largest absolute Gasteiger partial charge is 0.408 e. The molecule has 0 saturated carbocycles. The van der Waals surface area contributed by atoms with Gasteiger partial charge in [0, 0.05) is 19.9 Å². The standard InChI is InChI=1S/C8H10N4O3/c1-4-10-11-8(15-4)12-3-5(7(9)14)2-6(12)13/h5H,2-3H2,1H3,(H2,9,14). The van der Waals surface area contributed by atoms with Crippen LogP contribution in [0.3, 0.4) is 0 Å². The average molecular weight is 210 g/mol. The molecule has 80 valence electrons. The number of amides is 2. The zero-order valence-corrected chi connectivity index (χ0v) is 8.14. The van der Waals surface area contributed by atoms with Gasteiger partial charge in [-0.05, 0) is 0 Å². The molecule has 1 aliphatic rings. The number of nitrogens with zero attached hydrogens (tertiary/aromatic N) is 3. The molecule has 2 amide bonds. The number of hydrogen-bond acceptors (Lipinski definition) is 5. The minimum Gasteiger partial charge on any atom is -0.408 e. The summed E-state index contributed by atoms with van der Waals surface area (Å²) in [4.78, 5) is 23.7. The van der Waals surface area contributed by atoms with E-state index in [0.29, 0.717) is 5.89 Å². The van der Waals surface area contributed by atoms with E-state index >= 15 is 0 Å². The van der Waals surface area contributed by atoms with Gasteiger partial charge in [-0.1, -0.05) is 5.10 Å². The van der Waals surface area contributed by atoms with Crippen LogP contribution in [-0.4, -0.2) is 28.6 Å². The Bertz CT molecular complexity index is 414. The molecule has 1 atom stereocenters. The first-order valence-electron chi connectivity index (χ1n) is 4.47. The molecule has 1 fully saturated rings. The van der Waals surface area contributed by atoms with Gasteiger partial charge in [-0.3, -0.25) is 14.5 Å². The molecule has 1 aromatic rings. The third-order valence-corrected chi connectivity index (χ3v) is 2.27. The number of rotatable bonds is 2. The van der Waals surface area contributed by atoms with Crippen molar-refractivity contribution in [2.24, 2.45) is 11.7 Å². The van der Waals surface area contributed by atoms with Crippen LogP contribution in [0, 0.1) is 12.8 Å². The molecule has 7 nitrogen and oxygen atoms in total. The highest BCUT2D eigenvalue weighted by atomic mass is 16.4. The molecule has 2 N–H and O–H groups in total. The molecule has 1 aliphatic heterocycles. The second-order valence-corrected chi connectivity index (χ2v) is 3.41.